The second-order valence-corrected chi connectivity index (χ2v) is 7.69. The standard InChI is InChI=1S/C17H19NO5S/c1-18(16(19)11-24(22,23)12-17(20)21)10-9-14-7-4-6-13-5-2-3-8-15(13)14/h2-8H,9-12H2,1H3,(H,20,21). The molecule has 6 nitrogen and oxygen atoms in total. The Morgan fingerprint density at radius 2 is 1.71 bits per heavy atom. The highest BCUT2D eigenvalue weighted by Gasteiger charge is 2.22. The van der Waals surface area contributed by atoms with Crippen molar-refractivity contribution >= 4 is 32.5 Å². The molecule has 128 valence electrons. The van der Waals surface area contributed by atoms with Gasteiger partial charge in [-0.3, -0.25) is 9.59 Å². The number of sulfone groups is 1. The Morgan fingerprint density at radius 3 is 2.42 bits per heavy atom. The van der Waals surface area contributed by atoms with E-state index in [1.165, 1.54) is 11.9 Å². The molecule has 0 bridgehead atoms. The summed E-state index contributed by atoms with van der Waals surface area (Å²) in [4.78, 5) is 23.8. The summed E-state index contributed by atoms with van der Waals surface area (Å²) >= 11 is 0. The van der Waals surface area contributed by atoms with Crippen molar-refractivity contribution in [3.63, 3.8) is 0 Å². The molecule has 24 heavy (non-hydrogen) atoms. The SMILES string of the molecule is CN(CCc1cccc2ccccc12)C(=O)CS(=O)(=O)CC(=O)O. The van der Waals surface area contributed by atoms with E-state index in [4.69, 9.17) is 5.11 Å². The van der Waals surface area contributed by atoms with Crippen LogP contribution in [0.25, 0.3) is 10.8 Å². The molecular formula is C17H19NO5S. The van der Waals surface area contributed by atoms with E-state index in [0.29, 0.717) is 13.0 Å². The number of carbonyl (C=O) groups excluding carboxylic acids is 1. The number of likely N-dealkylation sites (N-methyl/N-ethyl adjacent to an activating group) is 1. The van der Waals surface area contributed by atoms with E-state index in [0.717, 1.165) is 16.3 Å². The highest BCUT2D eigenvalue weighted by Crippen LogP contribution is 2.19. The molecule has 0 saturated carbocycles. The molecule has 0 fully saturated rings. The van der Waals surface area contributed by atoms with E-state index < -0.39 is 33.2 Å². The minimum atomic E-state index is -3.93. The van der Waals surface area contributed by atoms with Crippen molar-refractivity contribution in [3.8, 4) is 0 Å². The van der Waals surface area contributed by atoms with Gasteiger partial charge in [0.2, 0.25) is 5.91 Å². The molecule has 2 rings (SSSR count). The average molecular weight is 349 g/mol. The Labute approximate surface area is 140 Å². The number of rotatable bonds is 7. The van der Waals surface area contributed by atoms with Crippen LogP contribution in [0.2, 0.25) is 0 Å². The minimum absolute atomic E-state index is 0.357. The van der Waals surface area contributed by atoms with E-state index in [1.54, 1.807) is 0 Å². The number of benzene rings is 2. The summed E-state index contributed by atoms with van der Waals surface area (Å²) in [5.41, 5.74) is 1.07. The van der Waals surface area contributed by atoms with Crippen LogP contribution in [0.3, 0.4) is 0 Å². The summed E-state index contributed by atoms with van der Waals surface area (Å²) in [6.45, 7) is 0.357. The predicted octanol–water partition coefficient (Wildman–Crippen LogP) is 1.34. The van der Waals surface area contributed by atoms with Crippen molar-refractivity contribution < 1.29 is 23.1 Å². The van der Waals surface area contributed by atoms with Crippen LogP contribution in [-0.4, -0.2) is 55.4 Å². The molecule has 0 spiro atoms. The number of nitrogens with zero attached hydrogens (tertiary/aromatic N) is 1. The molecule has 1 amide bonds. The smallest absolute Gasteiger partial charge is 0.318 e. The quantitative estimate of drug-likeness (QED) is 0.814. The third-order valence-corrected chi connectivity index (χ3v) is 5.08. The van der Waals surface area contributed by atoms with Gasteiger partial charge in [-0.05, 0) is 22.8 Å². The number of carboxylic acids is 1. The summed E-state index contributed by atoms with van der Waals surface area (Å²) in [6, 6.07) is 13.8. The Hall–Kier alpha value is -2.41. The molecule has 2 aromatic carbocycles. The summed E-state index contributed by atoms with van der Waals surface area (Å²) in [6.07, 6.45) is 0.586. The van der Waals surface area contributed by atoms with Crippen LogP contribution in [-0.2, 0) is 25.8 Å². The molecule has 7 heteroatoms. The van der Waals surface area contributed by atoms with Gasteiger partial charge in [0.1, 0.15) is 11.5 Å². The van der Waals surface area contributed by atoms with Crippen molar-refractivity contribution in [2.45, 2.75) is 6.42 Å². The third-order valence-electron chi connectivity index (χ3n) is 3.71. The van der Waals surface area contributed by atoms with Gasteiger partial charge in [0.25, 0.3) is 0 Å². The fourth-order valence-electron chi connectivity index (χ4n) is 2.46. The summed E-state index contributed by atoms with van der Waals surface area (Å²) in [5.74, 6) is -3.88. The van der Waals surface area contributed by atoms with Gasteiger partial charge in [0, 0.05) is 13.6 Å². The zero-order valence-corrected chi connectivity index (χ0v) is 14.1. The van der Waals surface area contributed by atoms with E-state index in [-0.39, 0.29) is 0 Å². The highest BCUT2D eigenvalue weighted by atomic mass is 32.2. The molecule has 0 aliphatic carbocycles. The molecule has 0 radical (unpaired) electrons. The second-order valence-electron chi connectivity index (χ2n) is 5.63. The molecule has 0 saturated heterocycles. The molecule has 2 aromatic rings. The first-order chi connectivity index (χ1) is 11.3. The predicted molar refractivity (Wildman–Crippen MR) is 91.6 cm³/mol. The molecule has 0 aromatic heterocycles. The fraction of sp³-hybridized carbons (Fsp3) is 0.294. The van der Waals surface area contributed by atoms with Crippen molar-refractivity contribution in [1.82, 2.24) is 4.90 Å². The third kappa shape index (κ3) is 4.79. The number of hydrogen-bond acceptors (Lipinski definition) is 4. The molecule has 0 aliphatic heterocycles. The average Bonchev–Trinajstić information content (AvgIpc) is 2.50. The lowest BCUT2D eigenvalue weighted by atomic mass is 10.0. The Kier molecular flexibility index (Phi) is 5.56. The van der Waals surface area contributed by atoms with Crippen LogP contribution in [0.4, 0.5) is 0 Å². The Balaban J connectivity index is 2.01. The van der Waals surface area contributed by atoms with E-state index in [9.17, 15) is 18.0 Å². The van der Waals surface area contributed by atoms with Crippen LogP contribution in [0.5, 0.6) is 0 Å². The van der Waals surface area contributed by atoms with Gasteiger partial charge < -0.3 is 10.0 Å². The lowest BCUT2D eigenvalue weighted by molar-refractivity contribution is -0.134. The summed E-state index contributed by atoms with van der Waals surface area (Å²) < 4.78 is 23.2. The van der Waals surface area contributed by atoms with Crippen molar-refractivity contribution in [2.75, 3.05) is 25.1 Å². The summed E-state index contributed by atoms with van der Waals surface area (Å²) in [7, 11) is -2.42. The first kappa shape index (κ1) is 17.9. The van der Waals surface area contributed by atoms with Gasteiger partial charge in [0.15, 0.2) is 9.84 Å². The van der Waals surface area contributed by atoms with Crippen molar-refractivity contribution in [2.24, 2.45) is 0 Å². The van der Waals surface area contributed by atoms with Crippen molar-refractivity contribution in [1.29, 1.82) is 0 Å². The Morgan fingerprint density at radius 1 is 1.04 bits per heavy atom. The number of aliphatic carboxylic acids is 1. The van der Waals surface area contributed by atoms with Gasteiger partial charge in [0.05, 0.1) is 0 Å². The summed E-state index contributed by atoms with van der Waals surface area (Å²) in [5, 5.41) is 10.8. The van der Waals surface area contributed by atoms with Gasteiger partial charge in [-0.25, -0.2) is 8.42 Å². The maximum atomic E-state index is 12.0. The Bertz CT molecular complexity index is 855. The first-order valence-corrected chi connectivity index (χ1v) is 9.23. The maximum absolute atomic E-state index is 12.0. The monoisotopic (exact) mass is 349 g/mol. The van der Waals surface area contributed by atoms with E-state index in [2.05, 4.69) is 0 Å². The number of hydrogen-bond donors (Lipinski definition) is 1. The minimum Gasteiger partial charge on any atom is -0.480 e. The zero-order valence-electron chi connectivity index (χ0n) is 13.3. The van der Waals surface area contributed by atoms with Crippen LogP contribution in [0, 0.1) is 0 Å². The number of amides is 1. The van der Waals surface area contributed by atoms with Gasteiger partial charge in [-0.15, -0.1) is 0 Å². The number of fused-ring (bicyclic) bond motifs is 1. The van der Waals surface area contributed by atoms with Gasteiger partial charge in [-0.1, -0.05) is 42.5 Å². The number of carboxylic acid groups (broad SMARTS) is 1. The van der Waals surface area contributed by atoms with Crippen LogP contribution in [0.1, 0.15) is 5.56 Å². The molecule has 0 heterocycles. The molecule has 0 unspecified atom stereocenters. The van der Waals surface area contributed by atoms with Gasteiger partial charge in [-0.2, -0.15) is 0 Å². The van der Waals surface area contributed by atoms with Crippen LogP contribution < -0.4 is 0 Å². The van der Waals surface area contributed by atoms with Crippen LogP contribution in [0.15, 0.2) is 42.5 Å². The number of carbonyl (C=O) groups is 2. The van der Waals surface area contributed by atoms with Gasteiger partial charge >= 0.3 is 5.97 Å². The molecular weight excluding hydrogens is 330 g/mol. The molecule has 1 N–H and O–H groups in total. The molecule has 0 aliphatic rings. The molecule has 0 atom stereocenters. The van der Waals surface area contributed by atoms with E-state index >= 15 is 0 Å². The highest BCUT2D eigenvalue weighted by molar-refractivity contribution is 7.92. The van der Waals surface area contributed by atoms with Crippen molar-refractivity contribution in [3.05, 3.63) is 48.0 Å². The zero-order chi connectivity index (χ0) is 17.7. The first-order valence-electron chi connectivity index (χ1n) is 7.41. The largest absolute Gasteiger partial charge is 0.480 e. The second kappa shape index (κ2) is 7.44. The maximum Gasteiger partial charge on any atom is 0.318 e. The normalized spacial score (nSPS) is 11.4. The van der Waals surface area contributed by atoms with E-state index in [1.807, 2.05) is 42.5 Å². The van der Waals surface area contributed by atoms with Crippen LogP contribution >= 0.6 is 0 Å². The lowest BCUT2D eigenvalue weighted by Gasteiger charge is -2.17. The lowest BCUT2D eigenvalue weighted by Crippen LogP contribution is -2.35. The fourth-order valence-corrected chi connectivity index (χ4v) is 3.54. The topological polar surface area (TPSA) is 91.8 Å².